The Hall–Kier alpha value is -2.01. The third-order valence-corrected chi connectivity index (χ3v) is 2.69. The molecule has 0 aromatic rings. The van der Waals surface area contributed by atoms with Gasteiger partial charge in [-0.05, 0) is 17.9 Å². The van der Waals surface area contributed by atoms with Gasteiger partial charge in [0.25, 0.3) is 0 Å². The van der Waals surface area contributed by atoms with Gasteiger partial charge in [0, 0.05) is 24.4 Å². The van der Waals surface area contributed by atoms with Crippen LogP contribution in [-0.4, -0.2) is 41.0 Å². The number of rotatable bonds is 6. The Morgan fingerprint density at radius 3 is 3.06 bits per heavy atom. The molecule has 0 aromatic heterocycles. The van der Waals surface area contributed by atoms with Crippen LogP contribution in [0, 0.1) is 5.92 Å². The van der Waals surface area contributed by atoms with Crippen LogP contribution >= 0.6 is 0 Å². The molecule has 2 unspecified atom stereocenters. The minimum absolute atomic E-state index is 0.0925. The van der Waals surface area contributed by atoms with E-state index in [4.69, 9.17) is 10.6 Å². The van der Waals surface area contributed by atoms with Gasteiger partial charge in [0.2, 0.25) is 5.91 Å². The number of aliphatic carboxylic acids is 1. The highest BCUT2D eigenvalue weighted by atomic mass is 16.4. The number of azide groups is 1. The lowest BCUT2D eigenvalue weighted by molar-refractivity contribution is -0.148. The minimum atomic E-state index is -1.04. The summed E-state index contributed by atoms with van der Waals surface area (Å²) < 4.78 is 0. The van der Waals surface area contributed by atoms with Crippen molar-refractivity contribution in [3.05, 3.63) is 23.1 Å². The van der Waals surface area contributed by atoms with Crippen LogP contribution in [0.25, 0.3) is 10.4 Å². The molecular weight excluding hydrogens is 224 g/mol. The molecule has 1 aliphatic rings. The highest BCUT2D eigenvalue weighted by Crippen LogP contribution is 2.22. The van der Waals surface area contributed by atoms with Crippen molar-refractivity contribution in [2.24, 2.45) is 11.0 Å². The zero-order chi connectivity index (χ0) is 12.8. The predicted octanol–water partition coefficient (Wildman–Crippen LogP) is 1.17. The molecule has 2 atom stereocenters. The second-order valence-electron chi connectivity index (χ2n) is 3.91. The number of carbonyl (C=O) groups is 2. The smallest absolute Gasteiger partial charge is 0.326 e. The SMILES string of the molecule is C=CCC(C(=O)O)N1CC(CN=[N+]=[N-])CC1=O. The fourth-order valence-corrected chi connectivity index (χ4v) is 1.90. The van der Waals surface area contributed by atoms with E-state index in [1.807, 2.05) is 0 Å². The molecule has 0 aliphatic carbocycles. The van der Waals surface area contributed by atoms with E-state index in [-0.39, 0.29) is 31.2 Å². The molecule has 92 valence electrons. The summed E-state index contributed by atoms with van der Waals surface area (Å²) >= 11 is 0. The summed E-state index contributed by atoms with van der Waals surface area (Å²) in [6, 6.07) is -0.865. The maximum absolute atomic E-state index is 11.7. The van der Waals surface area contributed by atoms with Crippen molar-refractivity contribution >= 4 is 11.9 Å². The van der Waals surface area contributed by atoms with Crippen molar-refractivity contribution in [2.75, 3.05) is 13.1 Å². The molecule has 1 rings (SSSR count). The predicted molar refractivity (Wildman–Crippen MR) is 60.1 cm³/mol. The summed E-state index contributed by atoms with van der Waals surface area (Å²) in [6.07, 6.45) is 1.93. The van der Waals surface area contributed by atoms with Crippen LogP contribution < -0.4 is 0 Å². The van der Waals surface area contributed by atoms with E-state index in [2.05, 4.69) is 16.6 Å². The fourth-order valence-electron chi connectivity index (χ4n) is 1.90. The molecule has 0 saturated carbocycles. The quantitative estimate of drug-likeness (QED) is 0.325. The van der Waals surface area contributed by atoms with Crippen LogP contribution in [0.3, 0.4) is 0 Å². The molecule has 7 heteroatoms. The Morgan fingerprint density at radius 1 is 1.82 bits per heavy atom. The number of likely N-dealkylation sites (tertiary alicyclic amines) is 1. The Bertz CT molecular complexity index is 376. The van der Waals surface area contributed by atoms with Crippen LogP contribution in [0.4, 0.5) is 0 Å². The number of hydrogen-bond acceptors (Lipinski definition) is 3. The Kier molecular flexibility index (Phi) is 4.54. The van der Waals surface area contributed by atoms with E-state index in [9.17, 15) is 9.59 Å². The fraction of sp³-hybridized carbons (Fsp3) is 0.600. The van der Waals surface area contributed by atoms with Crippen LogP contribution in [0.15, 0.2) is 17.8 Å². The summed E-state index contributed by atoms with van der Waals surface area (Å²) in [5, 5.41) is 12.4. The minimum Gasteiger partial charge on any atom is -0.480 e. The van der Waals surface area contributed by atoms with E-state index in [1.54, 1.807) is 0 Å². The van der Waals surface area contributed by atoms with Gasteiger partial charge in [-0.1, -0.05) is 11.2 Å². The highest BCUT2D eigenvalue weighted by Gasteiger charge is 2.36. The topological polar surface area (TPSA) is 106 Å². The molecular formula is C10H14N4O3. The third-order valence-electron chi connectivity index (χ3n) is 2.69. The summed E-state index contributed by atoms with van der Waals surface area (Å²) in [4.78, 5) is 26.6. The molecule has 0 bridgehead atoms. The first-order valence-electron chi connectivity index (χ1n) is 5.24. The van der Waals surface area contributed by atoms with E-state index >= 15 is 0 Å². The first-order valence-corrected chi connectivity index (χ1v) is 5.24. The highest BCUT2D eigenvalue weighted by molar-refractivity contribution is 5.85. The number of carbonyl (C=O) groups excluding carboxylic acids is 1. The van der Waals surface area contributed by atoms with Gasteiger partial charge in [0.1, 0.15) is 6.04 Å². The first kappa shape index (κ1) is 13.1. The lowest BCUT2D eigenvalue weighted by Crippen LogP contribution is -2.42. The van der Waals surface area contributed by atoms with Crippen molar-refractivity contribution in [1.29, 1.82) is 0 Å². The summed E-state index contributed by atoms with van der Waals surface area (Å²) in [7, 11) is 0. The molecule has 1 heterocycles. The van der Waals surface area contributed by atoms with Gasteiger partial charge in [-0.25, -0.2) is 4.79 Å². The Labute approximate surface area is 98.3 Å². The lowest BCUT2D eigenvalue weighted by atomic mass is 10.1. The maximum atomic E-state index is 11.7. The lowest BCUT2D eigenvalue weighted by Gasteiger charge is -2.23. The normalized spacial score (nSPS) is 20.8. The van der Waals surface area contributed by atoms with Crippen LogP contribution in [0.1, 0.15) is 12.8 Å². The van der Waals surface area contributed by atoms with Crippen LogP contribution in [-0.2, 0) is 9.59 Å². The zero-order valence-corrected chi connectivity index (χ0v) is 9.32. The van der Waals surface area contributed by atoms with Crippen LogP contribution in [0.2, 0.25) is 0 Å². The van der Waals surface area contributed by atoms with E-state index in [1.165, 1.54) is 11.0 Å². The number of nitrogens with zero attached hydrogens (tertiary/aromatic N) is 4. The van der Waals surface area contributed by atoms with Gasteiger partial charge >= 0.3 is 5.97 Å². The third kappa shape index (κ3) is 3.22. The summed E-state index contributed by atoms with van der Waals surface area (Å²) in [5.41, 5.74) is 8.19. The van der Waals surface area contributed by atoms with Gasteiger partial charge < -0.3 is 10.0 Å². The van der Waals surface area contributed by atoms with Gasteiger partial charge in [0.15, 0.2) is 0 Å². The molecule has 1 amide bonds. The van der Waals surface area contributed by atoms with Gasteiger partial charge in [0.05, 0.1) is 0 Å². The molecule has 1 fully saturated rings. The second-order valence-corrected chi connectivity index (χ2v) is 3.91. The molecule has 0 radical (unpaired) electrons. The van der Waals surface area contributed by atoms with Gasteiger partial charge in [-0.2, -0.15) is 0 Å². The Balaban J connectivity index is 2.70. The number of carboxylic acid groups (broad SMARTS) is 1. The van der Waals surface area contributed by atoms with Crippen molar-refractivity contribution in [3.8, 4) is 0 Å². The standard InChI is InChI=1S/C10H14N4O3/c1-2-3-8(10(16)17)14-6-7(4-9(14)15)5-12-13-11/h2,7-8H,1,3-6H2,(H,16,17). The number of amides is 1. The summed E-state index contributed by atoms with van der Waals surface area (Å²) in [6.45, 7) is 4.02. The zero-order valence-electron chi connectivity index (χ0n) is 9.32. The van der Waals surface area contributed by atoms with Crippen molar-refractivity contribution in [2.45, 2.75) is 18.9 Å². The summed E-state index contributed by atoms with van der Waals surface area (Å²) in [5.74, 6) is -1.34. The molecule has 1 N–H and O–H groups in total. The molecule has 0 spiro atoms. The Morgan fingerprint density at radius 2 is 2.53 bits per heavy atom. The van der Waals surface area contributed by atoms with E-state index in [0.717, 1.165) is 0 Å². The van der Waals surface area contributed by atoms with Crippen molar-refractivity contribution < 1.29 is 14.7 Å². The first-order chi connectivity index (χ1) is 8.10. The van der Waals surface area contributed by atoms with E-state index < -0.39 is 12.0 Å². The van der Waals surface area contributed by atoms with Gasteiger partial charge in [-0.3, -0.25) is 4.79 Å². The maximum Gasteiger partial charge on any atom is 0.326 e. The number of hydrogen-bond donors (Lipinski definition) is 1. The number of carboxylic acids is 1. The van der Waals surface area contributed by atoms with E-state index in [0.29, 0.717) is 6.54 Å². The average Bonchev–Trinajstić information content (AvgIpc) is 2.64. The monoisotopic (exact) mass is 238 g/mol. The average molecular weight is 238 g/mol. The molecule has 1 saturated heterocycles. The van der Waals surface area contributed by atoms with Gasteiger partial charge in [-0.15, -0.1) is 6.58 Å². The molecule has 1 aliphatic heterocycles. The molecule has 17 heavy (non-hydrogen) atoms. The van der Waals surface area contributed by atoms with Crippen molar-refractivity contribution in [3.63, 3.8) is 0 Å². The molecule has 7 nitrogen and oxygen atoms in total. The molecule has 0 aromatic carbocycles. The second kappa shape index (κ2) is 5.91. The van der Waals surface area contributed by atoms with Crippen molar-refractivity contribution in [1.82, 2.24) is 4.90 Å². The van der Waals surface area contributed by atoms with Crippen LogP contribution in [0.5, 0.6) is 0 Å². The largest absolute Gasteiger partial charge is 0.480 e.